The fourth-order valence-electron chi connectivity index (χ4n) is 2.43. The lowest BCUT2D eigenvalue weighted by molar-refractivity contribution is 0.0117. The van der Waals surface area contributed by atoms with Crippen LogP contribution >= 0.6 is 0 Å². The van der Waals surface area contributed by atoms with E-state index in [4.69, 9.17) is 0 Å². The summed E-state index contributed by atoms with van der Waals surface area (Å²) < 4.78 is 0. The Morgan fingerprint density at radius 3 is 2.06 bits per heavy atom. The molecule has 88 valence electrons. The molecule has 16 heavy (non-hydrogen) atoms. The maximum Gasteiger partial charge on any atom is 0.0577 e. The van der Waals surface area contributed by atoms with E-state index in [1.807, 2.05) is 0 Å². The van der Waals surface area contributed by atoms with E-state index < -0.39 is 0 Å². The van der Waals surface area contributed by atoms with Crippen molar-refractivity contribution in [1.29, 1.82) is 0 Å². The molecule has 0 aliphatic heterocycles. The van der Waals surface area contributed by atoms with Crippen molar-refractivity contribution >= 4 is 0 Å². The minimum absolute atomic E-state index is 0.0905. The quantitative estimate of drug-likeness (QED) is 0.765. The summed E-state index contributed by atoms with van der Waals surface area (Å²) in [4.78, 5) is 0. The van der Waals surface area contributed by atoms with Crippen LogP contribution in [0.4, 0.5) is 0 Å². The molecule has 0 spiro atoms. The van der Waals surface area contributed by atoms with Gasteiger partial charge < -0.3 is 5.11 Å². The first kappa shape index (κ1) is 11.7. The number of hydrogen-bond acceptors (Lipinski definition) is 1. The molecule has 1 saturated carbocycles. The van der Waals surface area contributed by atoms with Gasteiger partial charge in [0.2, 0.25) is 0 Å². The van der Waals surface area contributed by atoms with Gasteiger partial charge in [-0.05, 0) is 34.8 Å². The van der Waals surface area contributed by atoms with Crippen molar-refractivity contribution < 1.29 is 5.11 Å². The van der Waals surface area contributed by atoms with Gasteiger partial charge in [0.15, 0.2) is 0 Å². The van der Waals surface area contributed by atoms with Gasteiger partial charge in [-0.2, -0.15) is 0 Å². The first-order valence-corrected chi connectivity index (χ1v) is 6.18. The number of aliphatic hydroxyl groups excluding tert-OH is 1. The lowest BCUT2D eigenvalue weighted by atomic mass is 9.68. The first-order chi connectivity index (χ1) is 7.39. The van der Waals surface area contributed by atoms with Gasteiger partial charge in [0, 0.05) is 0 Å². The average molecular weight is 218 g/mol. The summed E-state index contributed by atoms with van der Waals surface area (Å²) in [6, 6.07) is 8.92. The molecule has 2 rings (SSSR count). The van der Waals surface area contributed by atoms with Crippen molar-refractivity contribution in [3.63, 3.8) is 0 Å². The summed E-state index contributed by atoms with van der Waals surface area (Å²) in [5, 5.41) is 9.53. The Labute approximate surface area is 98.5 Å². The third-order valence-electron chi connectivity index (χ3n) is 3.94. The van der Waals surface area contributed by atoms with Gasteiger partial charge in [-0.15, -0.1) is 0 Å². The van der Waals surface area contributed by atoms with E-state index in [1.165, 1.54) is 11.1 Å². The molecule has 1 aromatic rings. The predicted octanol–water partition coefficient (Wildman–Crippen LogP) is 3.47. The van der Waals surface area contributed by atoms with Gasteiger partial charge in [0.25, 0.3) is 0 Å². The fraction of sp³-hybridized carbons (Fsp3) is 0.600. The molecule has 0 heterocycles. The molecule has 3 atom stereocenters. The summed E-state index contributed by atoms with van der Waals surface area (Å²) >= 11 is 0. The SMILES string of the molecule is CC1C(O)CC1c1ccc(C(C)(C)C)cc1. The predicted molar refractivity (Wildman–Crippen MR) is 67.7 cm³/mol. The van der Waals surface area contributed by atoms with Gasteiger partial charge in [-0.1, -0.05) is 52.0 Å². The van der Waals surface area contributed by atoms with Crippen LogP contribution in [0.2, 0.25) is 0 Å². The van der Waals surface area contributed by atoms with Crippen LogP contribution in [0.3, 0.4) is 0 Å². The van der Waals surface area contributed by atoms with Crippen molar-refractivity contribution in [3.8, 4) is 0 Å². The monoisotopic (exact) mass is 218 g/mol. The third-order valence-corrected chi connectivity index (χ3v) is 3.94. The molecule has 3 unspecified atom stereocenters. The Morgan fingerprint density at radius 2 is 1.69 bits per heavy atom. The maximum atomic E-state index is 9.53. The summed E-state index contributed by atoms with van der Waals surface area (Å²) in [7, 11) is 0. The highest BCUT2D eigenvalue weighted by atomic mass is 16.3. The highest BCUT2D eigenvalue weighted by Crippen LogP contribution is 2.42. The summed E-state index contributed by atoms with van der Waals surface area (Å²) in [6.45, 7) is 8.84. The molecule has 1 heteroatoms. The van der Waals surface area contributed by atoms with E-state index in [0.717, 1.165) is 6.42 Å². The van der Waals surface area contributed by atoms with E-state index in [0.29, 0.717) is 11.8 Å². The fourth-order valence-corrected chi connectivity index (χ4v) is 2.43. The Kier molecular flexibility index (Phi) is 2.83. The number of aliphatic hydroxyl groups is 1. The number of benzene rings is 1. The van der Waals surface area contributed by atoms with Crippen LogP contribution in [0.5, 0.6) is 0 Å². The summed E-state index contributed by atoms with van der Waals surface area (Å²) in [5.74, 6) is 0.976. The molecule has 0 aromatic heterocycles. The minimum atomic E-state index is -0.0905. The molecule has 0 radical (unpaired) electrons. The highest BCUT2D eigenvalue weighted by Gasteiger charge is 2.37. The first-order valence-electron chi connectivity index (χ1n) is 6.18. The number of hydrogen-bond donors (Lipinski definition) is 1. The smallest absolute Gasteiger partial charge is 0.0577 e. The van der Waals surface area contributed by atoms with E-state index in [2.05, 4.69) is 52.0 Å². The van der Waals surface area contributed by atoms with Crippen LogP contribution < -0.4 is 0 Å². The lowest BCUT2D eigenvalue weighted by Gasteiger charge is -2.40. The molecule has 1 fully saturated rings. The molecule has 1 aliphatic carbocycles. The molecule has 1 aromatic carbocycles. The van der Waals surface area contributed by atoms with Crippen molar-refractivity contribution in [2.45, 2.75) is 51.6 Å². The second-order valence-corrected chi connectivity index (χ2v) is 6.14. The molecular weight excluding hydrogens is 196 g/mol. The summed E-state index contributed by atoms with van der Waals surface area (Å²) in [5.41, 5.74) is 2.98. The van der Waals surface area contributed by atoms with Crippen molar-refractivity contribution in [2.75, 3.05) is 0 Å². The topological polar surface area (TPSA) is 20.2 Å². The number of rotatable bonds is 1. The second-order valence-electron chi connectivity index (χ2n) is 6.14. The van der Waals surface area contributed by atoms with Crippen LogP contribution in [-0.2, 0) is 5.41 Å². The van der Waals surface area contributed by atoms with Gasteiger partial charge in [0.05, 0.1) is 6.10 Å². The Morgan fingerprint density at radius 1 is 1.12 bits per heavy atom. The zero-order valence-corrected chi connectivity index (χ0v) is 10.7. The van der Waals surface area contributed by atoms with Gasteiger partial charge >= 0.3 is 0 Å². The van der Waals surface area contributed by atoms with Crippen molar-refractivity contribution in [2.24, 2.45) is 5.92 Å². The standard InChI is InChI=1S/C15H22O/c1-10-13(9-14(10)16)11-5-7-12(8-6-11)15(2,3)4/h5-8,10,13-14,16H,9H2,1-4H3. The molecular formula is C15H22O. The molecule has 1 aliphatic rings. The van der Waals surface area contributed by atoms with Crippen molar-refractivity contribution in [3.05, 3.63) is 35.4 Å². The van der Waals surface area contributed by atoms with E-state index in [9.17, 15) is 5.11 Å². The molecule has 1 N–H and O–H groups in total. The summed E-state index contributed by atoms with van der Waals surface area (Å²) in [6.07, 6.45) is 0.836. The van der Waals surface area contributed by atoms with Crippen LogP contribution in [0.15, 0.2) is 24.3 Å². The van der Waals surface area contributed by atoms with E-state index in [-0.39, 0.29) is 11.5 Å². The molecule has 0 saturated heterocycles. The normalized spacial score (nSPS) is 29.9. The Bertz CT molecular complexity index is 358. The van der Waals surface area contributed by atoms with Crippen LogP contribution in [-0.4, -0.2) is 11.2 Å². The van der Waals surface area contributed by atoms with E-state index in [1.54, 1.807) is 0 Å². The van der Waals surface area contributed by atoms with E-state index >= 15 is 0 Å². The van der Waals surface area contributed by atoms with Gasteiger partial charge in [0.1, 0.15) is 0 Å². The van der Waals surface area contributed by atoms with Crippen LogP contribution in [0.1, 0.15) is 51.2 Å². The van der Waals surface area contributed by atoms with Gasteiger partial charge in [-0.25, -0.2) is 0 Å². The Hall–Kier alpha value is -0.820. The van der Waals surface area contributed by atoms with Crippen LogP contribution in [0.25, 0.3) is 0 Å². The third kappa shape index (κ3) is 2.01. The second kappa shape index (κ2) is 3.89. The minimum Gasteiger partial charge on any atom is -0.393 e. The maximum absolute atomic E-state index is 9.53. The van der Waals surface area contributed by atoms with Crippen LogP contribution in [0, 0.1) is 5.92 Å². The van der Waals surface area contributed by atoms with Crippen molar-refractivity contribution in [1.82, 2.24) is 0 Å². The highest BCUT2D eigenvalue weighted by molar-refractivity contribution is 5.31. The molecule has 0 amide bonds. The molecule has 0 bridgehead atoms. The van der Waals surface area contributed by atoms with Gasteiger partial charge in [-0.3, -0.25) is 0 Å². The largest absolute Gasteiger partial charge is 0.393 e. The average Bonchev–Trinajstić information content (AvgIpc) is 2.24. The molecule has 1 nitrogen and oxygen atoms in total. The zero-order chi connectivity index (χ0) is 11.9. The lowest BCUT2D eigenvalue weighted by Crippen LogP contribution is -2.37. The Balaban J connectivity index is 2.15. The zero-order valence-electron chi connectivity index (χ0n) is 10.7.